The lowest BCUT2D eigenvalue weighted by Crippen LogP contribution is -2.48. The summed E-state index contributed by atoms with van der Waals surface area (Å²) in [5, 5.41) is 0.505. The van der Waals surface area contributed by atoms with E-state index in [1.165, 1.54) is 10.6 Å². The number of nitrogens with zero attached hydrogens (tertiary/aromatic N) is 4. The van der Waals surface area contributed by atoms with Crippen LogP contribution in [0.3, 0.4) is 0 Å². The molecule has 3 aliphatic heterocycles. The molecule has 0 amide bonds. The van der Waals surface area contributed by atoms with Gasteiger partial charge in [-0.1, -0.05) is 23.7 Å². The van der Waals surface area contributed by atoms with Gasteiger partial charge in [0.15, 0.2) is 11.8 Å². The Morgan fingerprint density at radius 3 is 2.63 bits per heavy atom. The van der Waals surface area contributed by atoms with Gasteiger partial charge in [0.05, 0.1) is 35.2 Å². The van der Waals surface area contributed by atoms with Crippen LogP contribution in [0.5, 0.6) is 6.01 Å². The molecule has 1 aromatic carbocycles. The fraction of sp³-hybridized carbons (Fsp3) is 0.478. The molecule has 5 heterocycles. The van der Waals surface area contributed by atoms with E-state index >= 15 is 0 Å². The molecule has 0 radical (unpaired) electrons. The summed E-state index contributed by atoms with van der Waals surface area (Å²) >= 11 is 6.57. The fourth-order valence-electron chi connectivity index (χ4n) is 4.94. The van der Waals surface area contributed by atoms with Crippen molar-refractivity contribution >= 4 is 38.5 Å². The van der Waals surface area contributed by atoms with E-state index in [2.05, 4.69) is 19.9 Å². The lowest BCUT2D eigenvalue weighted by molar-refractivity contribution is 0.0273. The van der Waals surface area contributed by atoms with Crippen molar-refractivity contribution in [1.82, 2.24) is 19.3 Å². The predicted octanol–water partition coefficient (Wildman–Crippen LogP) is 2.29. The number of ether oxygens (including phenoxy) is 3. The van der Waals surface area contributed by atoms with Crippen LogP contribution in [0, 0.1) is 0 Å². The van der Waals surface area contributed by atoms with Crippen molar-refractivity contribution in [3.8, 4) is 17.3 Å². The standard InChI is InChI=1S/C23H26ClN5O5S/c1-35(30,31)29-9-7-28(8-10-29)15-4-2-14(3-5-15)20-16(24)12-17-22(26-20)27-23(25-17)34-19-13-33-18-6-11-32-21(18)19/h2-5,12,18-19,21H,6-11,13H2,1H3,(H,25,26,27)/t18-,19?,21+/m1/s1. The highest BCUT2D eigenvalue weighted by molar-refractivity contribution is 7.88. The summed E-state index contributed by atoms with van der Waals surface area (Å²) in [5.74, 6) is 0. The number of sulfonamides is 1. The molecule has 3 saturated heterocycles. The molecule has 0 aliphatic carbocycles. The van der Waals surface area contributed by atoms with Crippen LogP contribution in [0.1, 0.15) is 6.42 Å². The van der Waals surface area contributed by atoms with E-state index < -0.39 is 10.0 Å². The third-order valence-electron chi connectivity index (χ3n) is 6.80. The Hall–Kier alpha value is -2.44. The number of H-pyrrole nitrogens is 1. The van der Waals surface area contributed by atoms with Gasteiger partial charge < -0.3 is 24.1 Å². The van der Waals surface area contributed by atoms with Crippen LogP contribution in [0.2, 0.25) is 5.02 Å². The number of anilines is 1. The van der Waals surface area contributed by atoms with Gasteiger partial charge in [0.25, 0.3) is 6.01 Å². The van der Waals surface area contributed by atoms with Crippen molar-refractivity contribution in [3.63, 3.8) is 0 Å². The Bertz CT molecular complexity index is 1340. The van der Waals surface area contributed by atoms with Gasteiger partial charge in [0.1, 0.15) is 6.10 Å². The number of fused-ring (bicyclic) bond motifs is 2. The van der Waals surface area contributed by atoms with Crippen molar-refractivity contribution in [2.45, 2.75) is 24.7 Å². The topological polar surface area (TPSA) is 110 Å². The third-order valence-corrected chi connectivity index (χ3v) is 8.39. The minimum absolute atomic E-state index is 0.0665. The normalized spacial score (nSPS) is 25.3. The molecule has 186 valence electrons. The number of piperazine rings is 1. The molecular formula is C23H26ClN5O5S. The largest absolute Gasteiger partial charge is 0.456 e. The first kappa shape index (κ1) is 23.0. The molecule has 35 heavy (non-hydrogen) atoms. The van der Waals surface area contributed by atoms with Gasteiger partial charge in [0.2, 0.25) is 10.0 Å². The summed E-state index contributed by atoms with van der Waals surface area (Å²) in [7, 11) is -3.15. The average molecular weight is 520 g/mol. The Kier molecular flexibility index (Phi) is 5.84. The Morgan fingerprint density at radius 2 is 1.89 bits per heavy atom. The van der Waals surface area contributed by atoms with Gasteiger partial charge in [-0.2, -0.15) is 9.29 Å². The number of aromatic nitrogens is 3. The third kappa shape index (κ3) is 4.47. The van der Waals surface area contributed by atoms with Gasteiger partial charge in [-0.25, -0.2) is 13.4 Å². The molecule has 6 rings (SSSR count). The average Bonchev–Trinajstić information content (AvgIpc) is 3.55. The zero-order chi connectivity index (χ0) is 24.2. The second kappa shape index (κ2) is 8.90. The van der Waals surface area contributed by atoms with Crippen molar-refractivity contribution in [2.75, 3.05) is 50.5 Å². The molecule has 1 N–H and O–H groups in total. The molecule has 3 aliphatic rings. The van der Waals surface area contributed by atoms with Crippen molar-refractivity contribution in [3.05, 3.63) is 35.4 Å². The van der Waals surface area contributed by atoms with E-state index in [4.69, 9.17) is 25.8 Å². The van der Waals surface area contributed by atoms with E-state index in [-0.39, 0.29) is 18.3 Å². The number of halogens is 1. The second-order valence-electron chi connectivity index (χ2n) is 9.08. The van der Waals surface area contributed by atoms with Crippen LogP contribution in [0.25, 0.3) is 22.4 Å². The lowest BCUT2D eigenvalue weighted by Gasteiger charge is -2.34. The molecule has 3 atom stereocenters. The molecule has 10 nitrogen and oxygen atoms in total. The molecule has 12 heteroatoms. The van der Waals surface area contributed by atoms with Gasteiger partial charge in [-0.3, -0.25) is 0 Å². The molecule has 2 aromatic heterocycles. The number of hydrogen-bond acceptors (Lipinski definition) is 8. The van der Waals surface area contributed by atoms with Gasteiger partial charge in [-0.05, 0) is 24.6 Å². The maximum absolute atomic E-state index is 11.7. The Balaban J connectivity index is 1.18. The molecular weight excluding hydrogens is 494 g/mol. The van der Waals surface area contributed by atoms with Crippen LogP contribution in [-0.2, 0) is 19.5 Å². The van der Waals surface area contributed by atoms with Crippen LogP contribution in [-0.4, -0.2) is 91.6 Å². The Labute approximate surface area is 208 Å². The van der Waals surface area contributed by atoms with Crippen LogP contribution in [0.4, 0.5) is 5.69 Å². The van der Waals surface area contributed by atoms with Gasteiger partial charge in [-0.15, -0.1) is 0 Å². The molecule has 0 bridgehead atoms. The summed E-state index contributed by atoms with van der Waals surface area (Å²) in [6.07, 6.45) is 1.96. The highest BCUT2D eigenvalue weighted by Gasteiger charge is 2.43. The Morgan fingerprint density at radius 1 is 1.11 bits per heavy atom. The minimum Gasteiger partial charge on any atom is -0.456 e. The molecule has 3 fully saturated rings. The van der Waals surface area contributed by atoms with Crippen molar-refractivity contribution < 1.29 is 22.6 Å². The monoisotopic (exact) mass is 519 g/mol. The fourth-order valence-corrected chi connectivity index (χ4v) is 6.02. The van der Waals surface area contributed by atoms with Crippen molar-refractivity contribution in [2.24, 2.45) is 0 Å². The van der Waals surface area contributed by atoms with E-state index in [1.54, 1.807) is 6.07 Å². The smallest absolute Gasteiger partial charge is 0.296 e. The van der Waals surface area contributed by atoms with Crippen molar-refractivity contribution in [1.29, 1.82) is 0 Å². The highest BCUT2D eigenvalue weighted by Crippen LogP contribution is 2.32. The maximum Gasteiger partial charge on any atom is 0.296 e. The number of aromatic amines is 1. The van der Waals surface area contributed by atoms with E-state index in [0.717, 1.165) is 17.7 Å². The van der Waals surface area contributed by atoms with Gasteiger partial charge in [0, 0.05) is 44.0 Å². The summed E-state index contributed by atoms with van der Waals surface area (Å²) < 4.78 is 42.5. The quantitative estimate of drug-likeness (QED) is 0.547. The summed E-state index contributed by atoms with van der Waals surface area (Å²) in [5.41, 5.74) is 3.74. The number of pyridine rings is 1. The number of imidazole rings is 1. The van der Waals surface area contributed by atoms with Crippen LogP contribution in [0.15, 0.2) is 30.3 Å². The number of nitrogens with one attached hydrogen (secondary N) is 1. The zero-order valence-electron chi connectivity index (χ0n) is 19.2. The number of rotatable bonds is 5. The molecule has 3 aromatic rings. The number of hydrogen-bond donors (Lipinski definition) is 1. The van der Waals surface area contributed by atoms with E-state index in [9.17, 15) is 8.42 Å². The first-order chi connectivity index (χ1) is 16.8. The maximum atomic E-state index is 11.7. The second-order valence-corrected chi connectivity index (χ2v) is 11.5. The zero-order valence-corrected chi connectivity index (χ0v) is 20.8. The summed E-state index contributed by atoms with van der Waals surface area (Å²) in [6.45, 7) is 3.41. The van der Waals surface area contributed by atoms with Gasteiger partial charge >= 0.3 is 0 Å². The highest BCUT2D eigenvalue weighted by atomic mass is 35.5. The first-order valence-corrected chi connectivity index (χ1v) is 13.8. The summed E-state index contributed by atoms with van der Waals surface area (Å²) in [4.78, 5) is 14.5. The predicted molar refractivity (Wildman–Crippen MR) is 131 cm³/mol. The molecule has 1 unspecified atom stereocenters. The summed E-state index contributed by atoms with van der Waals surface area (Å²) in [6, 6.07) is 10.1. The molecule has 0 spiro atoms. The van der Waals surface area contributed by atoms with E-state index in [0.29, 0.717) is 67.3 Å². The number of benzene rings is 1. The minimum atomic E-state index is -3.15. The SMILES string of the molecule is CS(=O)(=O)N1CCN(c2ccc(-c3nc4nc(OC5CO[C@@H]6CCO[C@H]56)[nH]c4cc3Cl)cc2)CC1. The van der Waals surface area contributed by atoms with Crippen LogP contribution < -0.4 is 9.64 Å². The first-order valence-electron chi connectivity index (χ1n) is 11.6. The lowest BCUT2D eigenvalue weighted by atomic mass is 10.1. The van der Waals surface area contributed by atoms with Crippen LogP contribution >= 0.6 is 11.6 Å². The molecule has 0 saturated carbocycles. The van der Waals surface area contributed by atoms with E-state index in [1.807, 2.05) is 24.3 Å².